The number of likely N-dealkylation sites (N-methyl/N-ethyl adjacent to an activating group) is 1. The number of nitrogens with one attached hydrogen (secondary N) is 2. The molecule has 1 aromatic heterocycles. The van der Waals surface area contributed by atoms with Crippen LogP contribution in [0.2, 0.25) is 0 Å². The lowest BCUT2D eigenvalue weighted by molar-refractivity contribution is 0.534. The standard InChI is InChI=1S/C14H18N4/c1-18-9-8-17-14(18)16-6-4-11-2-3-13-12(10-11)5-7-15-13/h2-3,5,7,10,15H,4,6,8-9H2,1H3,(H,16,17). The van der Waals surface area contributed by atoms with E-state index in [-0.39, 0.29) is 0 Å². The molecule has 94 valence electrons. The van der Waals surface area contributed by atoms with Gasteiger partial charge in [0.25, 0.3) is 0 Å². The second-order valence-electron chi connectivity index (χ2n) is 4.70. The van der Waals surface area contributed by atoms with Crippen molar-refractivity contribution in [3.63, 3.8) is 0 Å². The van der Waals surface area contributed by atoms with E-state index >= 15 is 0 Å². The smallest absolute Gasteiger partial charge is 0.193 e. The maximum atomic E-state index is 4.42. The fourth-order valence-corrected chi connectivity index (χ4v) is 2.30. The monoisotopic (exact) mass is 242 g/mol. The van der Waals surface area contributed by atoms with E-state index in [1.165, 1.54) is 16.5 Å². The van der Waals surface area contributed by atoms with Crippen LogP contribution >= 0.6 is 0 Å². The molecule has 0 saturated heterocycles. The van der Waals surface area contributed by atoms with Crippen LogP contribution in [0, 0.1) is 0 Å². The number of aliphatic imine (C=N–C) groups is 1. The molecule has 0 spiro atoms. The Morgan fingerprint density at radius 1 is 1.39 bits per heavy atom. The van der Waals surface area contributed by atoms with Gasteiger partial charge in [-0.05, 0) is 35.6 Å². The molecule has 0 radical (unpaired) electrons. The molecule has 0 bridgehead atoms. The summed E-state index contributed by atoms with van der Waals surface area (Å²) in [5, 5.41) is 4.67. The summed E-state index contributed by atoms with van der Waals surface area (Å²) in [6.07, 6.45) is 3.00. The van der Waals surface area contributed by atoms with E-state index in [2.05, 4.69) is 51.5 Å². The molecule has 0 aliphatic carbocycles. The molecule has 18 heavy (non-hydrogen) atoms. The van der Waals surface area contributed by atoms with Gasteiger partial charge in [-0.2, -0.15) is 0 Å². The lowest BCUT2D eigenvalue weighted by Gasteiger charge is -2.15. The summed E-state index contributed by atoms with van der Waals surface area (Å²) < 4.78 is 0. The molecule has 0 amide bonds. The van der Waals surface area contributed by atoms with E-state index < -0.39 is 0 Å². The highest BCUT2D eigenvalue weighted by atomic mass is 15.3. The Kier molecular flexibility index (Phi) is 2.92. The predicted molar refractivity (Wildman–Crippen MR) is 74.9 cm³/mol. The predicted octanol–water partition coefficient (Wildman–Crippen LogP) is 1.60. The summed E-state index contributed by atoms with van der Waals surface area (Å²) >= 11 is 0. The summed E-state index contributed by atoms with van der Waals surface area (Å²) in [6, 6.07) is 8.68. The van der Waals surface area contributed by atoms with Crippen molar-refractivity contribution in [3.05, 3.63) is 36.0 Å². The molecule has 1 aliphatic rings. The average molecular weight is 242 g/mol. The van der Waals surface area contributed by atoms with Gasteiger partial charge in [-0.15, -0.1) is 0 Å². The minimum atomic E-state index is 0.911. The Labute approximate surface area is 107 Å². The van der Waals surface area contributed by atoms with Gasteiger partial charge in [0, 0.05) is 31.9 Å². The van der Waals surface area contributed by atoms with Crippen LogP contribution < -0.4 is 5.32 Å². The molecule has 0 unspecified atom stereocenters. The van der Waals surface area contributed by atoms with E-state index in [4.69, 9.17) is 0 Å². The van der Waals surface area contributed by atoms with Crippen molar-refractivity contribution in [2.45, 2.75) is 6.42 Å². The maximum absolute atomic E-state index is 4.42. The molecule has 0 fully saturated rings. The third kappa shape index (κ3) is 2.18. The molecule has 3 rings (SSSR count). The first-order valence-electron chi connectivity index (χ1n) is 6.38. The minimum absolute atomic E-state index is 0.911. The van der Waals surface area contributed by atoms with Gasteiger partial charge in [0.2, 0.25) is 0 Å². The highest BCUT2D eigenvalue weighted by molar-refractivity contribution is 5.81. The fraction of sp³-hybridized carbons (Fsp3) is 0.357. The summed E-state index contributed by atoms with van der Waals surface area (Å²) in [5.74, 6) is 1.03. The zero-order valence-corrected chi connectivity index (χ0v) is 10.6. The van der Waals surface area contributed by atoms with Gasteiger partial charge in [0.1, 0.15) is 0 Å². The highest BCUT2D eigenvalue weighted by Crippen LogP contribution is 2.14. The van der Waals surface area contributed by atoms with Gasteiger partial charge >= 0.3 is 0 Å². The molecule has 2 N–H and O–H groups in total. The topological polar surface area (TPSA) is 43.4 Å². The second kappa shape index (κ2) is 4.72. The molecule has 4 nitrogen and oxygen atoms in total. The van der Waals surface area contributed by atoms with Crippen LogP contribution in [-0.4, -0.2) is 42.5 Å². The van der Waals surface area contributed by atoms with E-state index in [0.717, 1.165) is 32.0 Å². The second-order valence-corrected chi connectivity index (χ2v) is 4.70. The molecule has 0 atom stereocenters. The Balaban J connectivity index is 1.59. The molecular formula is C14H18N4. The number of benzene rings is 1. The van der Waals surface area contributed by atoms with Crippen LogP contribution in [0.15, 0.2) is 35.5 Å². The molecular weight excluding hydrogens is 224 g/mol. The number of hydrogen-bond acceptors (Lipinski definition) is 3. The Morgan fingerprint density at radius 3 is 3.17 bits per heavy atom. The Bertz CT molecular complexity index is 570. The first kappa shape index (κ1) is 11.1. The van der Waals surface area contributed by atoms with Gasteiger partial charge in [-0.1, -0.05) is 6.07 Å². The van der Waals surface area contributed by atoms with E-state index in [1.807, 2.05) is 6.20 Å². The molecule has 1 aromatic carbocycles. The first-order chi connectivity index (χ1) is 8.83. The number of rotatable bonds is 3. The van der Waals surface area contributed by atoms with Crippen LogP contribution in [0.25, 0.3) is 10.9 Å². The van der Waals surface area contributed by atoms with Crippen LogP contribution in [0.3, 0.4) is 0 Å². The number of guanidine groups is 1. The number of aromatic nitrogens is 1. The summed E-state index contributed by atoms with van der Waals surface area (Å²) in [5.41, 5.74) is 2.56. The molecule has 1 aliphatic heterocycles. The van der Waals surface area contributed by atoms with Crippen molar-refractivity contribution in [3.8, 4) is 0 Å². The minimum Gasteiger partial charge on any atom is -0.361 e. The largest absolute Gasteiger partial charge is 0.361 e. The van der Waals surface area contributed by atoms with Crippen LogP contribution in [-0.2, 0) is 6.42 Å². The number of aromatic amines is 1. The van der Waals surface area contributed by atoms with Crippen molar-refractivity contribution in [1.29, 1.82) is 0 Å². The first-order valence-corrected chi connectivity index (χ1v) is 6.38. The van der Waals surface area contributed by atoms with Gasteiger partial charge in [-0.25, -0.2) is 0 Å². The SMILES string of the molecule is CN1CCN=C1NCCc1ccc2[nH]ccc2c1. The number of fused-ring (bicyclic) bond motifs is 1. The fourth-order valence-electron chi connectivity index (χ4n) is 2.30. The molecule has 4 heteroatoms. The van der Waals surface area contributed by atoms with Gasteiger partial charge in [0.15, 0.2) is 5.96 Å². The molecule has 2 aromatic rings. The van der Waals surface area contributed by atoms with Crippen molar-refractivity contribution >= 4 is 16.9 Å². The zero-order valence-electron chi connectivity index (χ0n) is 10.6. The summed E-state index contributed by atoms with van der Waals surface area (Å²) in [4.78, 5) is 9.79. The van der Waals surface area contributed by atoms with Crippen LogP contribution in [0.1, 0.15) is 5.56 Å². The molecule has 2 heterocycles. The van der Waals surface area contributed by atoms with Gasteiger partial charge < -0.3 is 15.2 Å². The Morgan fingerprint density at radius 2 is 2.33 bits per heavy atom. The third-order valence-electron chi connectivity index (χ3n) is 3.37. The number of H-pyrrole nitrogens is 1. The maximum Gasteiger partial charge on any atom is 0.193 e. The van der Waals surface area contributed by atoms with Crippen LogP contribution in [0.5, 0.6) is 0 Å². The zero-order chi connectivity index (χ0) is 12.4. The van der Waals surface area contributed by atoms with Gasteiger partial charge in [-0.3, -0.25) is 4.99 Å². The summed E-state index contributed by atoms with van der Waals surface area (Å²) in [7, 11) is 2.07. The summed E-state index contributed by atoms with van der Waals surface area (Å²) in [6.45, 7) is 2.87. The average Bonchev–Trinajstić information content (AvgIpc) is 2.98. The van der Waals surface area contributed by atoms with E-state index in [0.29, 0.717) is 0 Å². The molecule has 0 saturated carbocycles. The normalized spacial score (nSPS) is 15.2. The van der Waals surface area contributed by atoms with Crippen molar-refractivity contribution < 1.29 is 0 Å². The van der Waals surface area contributed by atoms with Gasteiger partial charge in [0.05, 0.1) is 6.54 Å². The lowest BCUT2D eigenvalue weighted by atomic mass is 10.1. The van der Waals surface area contributed by atoms with E-state index in [9.17, 15) is 0 Å². The third-order valence-corrected chi connectivity index (χ3v) is 3.37. The Hall–Kier alpha value is -1.97. The van der Waals surface area contributed by atoms with E-state index in [1.54, 1.807) is 0 Å². The van der Waals surface area contributed by atoms with Crippen molar-refractivity contribution in [2.24, 2.45) is 4.99 Å². The highest BCUT2D eigenvalue weighted by Gasteiger charge is 2.10. The van der Waals surface area contributed by atoms with Crippen LogP contribution in [0.4, 0.5) is 0 Å². The lowest BCUT2D eigenvalue weighted by Crippen LogP contribution is -2.36. The van der Waals surface area contributed by atoms with Crippen molar-refractivity contribution in [2.75, 3.05) is 26.7 Å². The number of hydrogen-bond donors (Lipinski definition) is 2. The number of nitrogens with zero attached hydrogens (tertiary/aromatic N) is 2. The quantitative estimate of drug-likeness (QED) is 0.858. The van der Waals surface area contributed by atoms with Crippen molar-refractivity contribution in [1.82, 2.24) is 15.2 Å².